The average molecular weight is 266 g/mol. The highest BCUT2D eigenvalue weighted by Gasteiger charge is 2.10. The van der Waals surface area contributed by atoms with Crippen molar-refractivity contribution in [1.82, 2.24) is 24.9 Å². The Hall–Kier alpha value is -3.01. The third-order valence-electron chi connectivity index (χ3n) is 2.71. The van der Waals surface area contributed by atoms with Crippen molar-refractivity contribution in [3.05, 3.63) is 47.8 Å². The lowest BCUT2D eigenvalue weighted by Gasteiger charge is -1.94. The lowest BCUT2D eigenvalue weighted by atomic mass is 10.1. The van der Waals surface area contributed by atoms with E-state index in [1.807, 2.05) is 37.3 Å². The van der Waals surface area contributed by atoms with Gasteiger partial charge in [-0.25, -0.2) is 9.67 Å². The normalized spacial score (nSPS) is 10.4. The van der Waals surface area contributed by atoms with E-state index in [-0.39, 0.29) is 5.82 Å². The second-order valence-corrected chi connectivity index (χ2v) is 4.26. The van der Waals surface area contributed by atoms with Crippen LogP contribution in [0.4, 0.5) is 0 Å². The van der Waals surface area contributed by atoms with Crippen molar-refractivity contribution in [3.8, 4) is 17.5 Å². The summed E-state index contributed by atoms with van der Waals surface area (Å²) in [5.41, 5.74) is 2.03. The molecule has 2 heterocycles. The third-order valence-corrected chi connectivity index (χ3v) is 2.71. The van der Waals surface area contributed by atoms with Crippen LogP contribution in [0.15, 0.2) is 35.1 Å². The molecule has 1 aromatic carbocycles. The summed E-state index contributed by atoms with van der Waals surface area (Å²) >= 11 is 0. The molecule has 0 saturated heterocycles. The molecule has 2 aromatic heterocycles. The van der Waals surface area contributed by atoms with E-state index in [0.717, 1.165) is 5.56 Å². The van der Waals surface area contributed by atoms with Gasteiger partial charge in [-0.1, -0.05) is 22.9 Å². The van der Waals surface area contributed by atoms with Gasteiger partial charge in [0.1, 0.15) is 18.9 Å². The fourth-order valence-corrected chi connectivity index (χ4v) is 1.70. The molecule has 0 unspecified atom stereocenters. The molecule has 0 saturated carbocycles. The third kappa shape index (κ3) is 2.40. The quantitative estimate of drug-likeness (QED) is 0.714. The first-order valence-corrected chi connectivity index (χ1v) is 5.94. The number of rotatable bonds is 3. The summed E-state index contributed by atoms with van der Waals surface area (Å²) in [7, 11) is 0. The molecule has 7 nitrogen and oxygen atoms in total. The molecule has 0 aliphatic rings. The highest BCUT2D eigenvalue weighted by Crippen LogP contribution is 2.17. The predicted molar refractivity (Wildman–Crippen MR) is 68.3 cm³/mol. The van der Waals surface area contributed by atoms with E-state index >= 15 is 0 Å². The second-order valence-electron chi connectivity index (χ2n) is 4.26. The summed E-state index contributed by atoms with van der Waals surface area (Å²) in [6, 6.07) is 9.68. The molecule has 0 radical (unpaired) electrons. The lowest BCUT2D eigenvalue weighted by Crippen LogP contribution is -2.02. The summed E-state index contributed by atoms with van der Waals surface area (Å²) in [4.78, 5) is 8.10. The van der Waals surface area contributed by atoms with Crippen molar-refractivity contribution in [2.75, 3.05) is 0 Å². The largest absolute Gasteiger partial charge is 0.334 e. The number of hydrogen-bond donors (Lipinski definition) is 0. The molecule has 7 heteroatoms. The van der Waals surface area contributed by atoms with Crippen LogP contribution >= 0.6 is 0 Å². The number of nitriles is 1. The number of aromatic nitrogens is 5. The standard InChI is InChI=1S/C13H10N6O/c1-9-2-4-10(5-3-9)13-16-12(18-20-13)7-19-8-15-11(6-14)17-19/h2-5,8H,7H2,1H3. The summed E-state index contributed by atoms with van der Waals surface area (Å²) in [5.74, 6) is 1.06. The van der Waals surface area contributed by atoms with Gasteiger partial charge in [-0.05, 0) is 19.1 Å². The monoisotopic (exact) mass is 266 g/mol. The van der Waals surface area contributed by atoms with Gasteiger partial charge in [0.25, 0.3) is 11.7 Å². The van der Waals surface area contributed by atoms with Crippen LogP contribution in [0, 0.1) is 18.3 Å². The molecular formula is C13H10N6O. The lowest BCUT2D eigenvalue weighted by molar-refractivity contribution is 0.418. The smallest absolute Gasteiger partial charge is 0.257 e. The Morgan fingerprint density at radius 3 is 2.80 bits per heavy atom. The molecule has 0 fully saturated rings. The van der Waals surface area contributed by atoms with Crippen molar-refractivity contribution in [3.63, 3.8) is 0 Å². The van der Waals surface area contributed by atoms with Gasteiger partial charge in [0, 0.05) is 5.56 Å². The van der Waals surface area contributed by atoms with Crippen molar-refractivity contribution in [2.45, 2.75) is 13.5 Å². The predicted octanol–water partition coefficient (Wildman–Crippen LogP) is 1.56. The van der Waals surface area contributed by atoms with Crippen LogP contribution < -0.4 is 0 Å². The molecule has 3 rings (SSSR count). The molecule has 3 aromatic rings. The Kier molecular flexibility index (Phi) is 2.97. The minimum atomic E-state index is 0.118. The van der Waals surface area contributed by atoms with Gasteiger partial charge in [-0.15, -0.1) is 5.10 Å². The Labute approximate surface area is 114 Å². The molecule has 0 spiro atoms. The van der Waals surface area contributed by atoms with Gasteiger partial charge < -0.3 is 4.52 Å². The van der Waals surface area contributed by atoms with E-state index in [0.29, 0.717) is 18.3 Å². The zero-order chi connectivity index (χ0) is 13.9. The van der Waals surface area contributed by atoms with Crippen LogP contribution in [0.2, 0.25) is 0 Å². The van der Waals surface area contributed by atoms with Crippen LogP contribution in [0.1, 0.15) is 17.2 Å². The molecule has 0 amide bonds. The van der Waals surface area contributed by atoms with Gasteiger partial charge in [0.15, 0.2) is 5.82 Å². The molecular weight excluding hydrogens is 256 g/mol. The van der Waals surface area contributed by atoms with Crippen molar-refractivity contribution >= 4 is 0 Å². The minimum absolute atomic E-state index is 0.118. The van der Waals surface area contributed by atoms with E-state index in [1.165, 1.54) is 16.6 Å². The first kappa shape index (κ1) is 12.0. The summed E-state index contributed by atoms with van der Waals surface area (Å²) in [5, 5.41) is 16.5. The fourth-order valence-electron chi connectivity index (χ4n) is 1.70. The van der Waals surface area contributed by atoms with Gasteiger partial charge in [-0.2, -0.15) is 10.2 Å². The van der Waals surface area contributed by atoms with E-state index in [2.05, 4.69) is 20.2 Å². The second kappa shape index (κ2) is 4.93. The molecule has 0 bridgehead atoms. The highest BCUT2D eigenvalue weighted by atomic mass is 16.5. The number of nitrogens with zero attached hydrogens (tertiary/aromatic N) is 6. The van der Waals surface area contributed by atoms with Crippen LogP contribution in [-0.2, 0) is 6.54 Å². The van der Waals surface area contributed by atoms with Crippen molar-refractivity contribution < 1.29 is 4.52 Å². The van der Waals surface area contributed by atoms with Crippen LogP contribution in [-0.4, -0.2) is 24.9 Å². The Balaban J connectivity index is 1.80. The van der Waals surface area contributed by atoms with Crippen LogP contribution in [0.3, 0.4) is 0 Å². The Morgan fingerprint density at radius 1 is 1.30 bits per heavy atom. The van der Waals surface area contributed by atoms with Gasteiger partial charge >= 0.3 is 0 Å². The molecule has 20 heavy (non-hydrogen) atoms. The first-order chi connectivity index (χ1) is 9.74. The zero-order valence-electron chi connectivity index (χ0n) is 10.7. The van der Waals surface area contributed by atoms with Crippen LogP contribution in [0.5, 0.6) is 0 Å². The Morgan fingerprint density at radius 2 is 2.10 bits per heavy atom. The van der Waals surface area contributed by atoms with E-state index in [1.54, 1.807) is 0 Å². The minimum Gasteiger partial charge on any atom is -0.334 e. The molecule has 0 atom stereocenters. The van der Waals surface area contributed by atoms with Crippen molar-refractivity contribution in [2.24, 2.45) is 0 Å². The van der Waals surface area contributed by atoms with Gasteiger partial charge in [0.2, 0.25) is 0 Å². The molecule has 0 N–H and O–H groups in total. The van der Waals surface area contributed by atoms with E-state index < -0.39 is 0 Å². The zero-order valence-corrected chi connectivity index (χ0v) is 10.7. The summed E-state index contributed by atoms with van der Waals surface area (Å²) in [6.07, 6.45) is 1.46. The van der Waals surface area contributed by atoms with E-state index in [9.17, 15) is 0 Å². The SMILES string of the molecule is Cc1ccc(-c2nc(Cn3cnc(C#N)n3)no2)cc1. The average Bonchev–Trinajstić information content (AvgIpc) is 3.09. The maximum Gasteiger partial charge on any atom is 0.257 e. The van der Waals surface area contributed by atoms with Crippen molar-refractivity contribution in [1.29, 1.82) is 5.26 Å². The number of hydrogen-bond acceptors (Lipinski definition) is 6. The fraction of sp³-hybridized carbons (Fsp3) is 0.154. The highest BCUT2D eigenvalue weighted by molar-refractivity contribution is 5.53. The number of benzene rings is 1. The Bertz CT molecular complexity index is 765. The maximum absolute atomic E-state index is 8.65. The van der Waals surface area contributed by atoms with E-state index in [4.69, 9.17) is 9.78 Å². The van der Waals surface area contributed by atoms with Gasteiger partial charge in [-0.3, -0.25) is 0 Å². The summed E-state index contributed by atoms with van der Waals surface area (Å²) < 4.78 is 6.70. The molecule has 0 aliphatic carbocycles. The molecule has 0 aliphatic heterocycles. The number of aryl methyl sites for hydroxylation is 1. The maximum atomic E-state index is 8.65. The first-order valence-electron chi connectivity index (χ1n) is 5.94. The molecule has 98 valence electrons. The van der Waals surface area contributed by atoms with Gasteiger partial charge in [0.05, 0.1) is 0 Å². The summed E-state index contributed by atoms with van der Waals surface area (Å²) in [6.45, 7) is 2.32. The van der Waals surface area contributed by atoms with Crippen LogP contribution in [0.25, 0.3) is 11.5 Å². The topological polar surface area (TPSA) is 93.4 Å².